The van der Waals surface area contributed by atoms with Gasteiger partial charge in [-0.2, -0.15) is 0 Å². The number of amides is 1. The molecule has 0 spiro atoms. The van der Waals surface area contributed by atoms with Crippen LogP contribution in [0.2, 0.25) is 0 Å². The zero-order valence-electron chi connectivity index (χ0n) is 18.5. The van der Waals surface area contributed by atoms with E-state index in [-0.39, 0.29) is 11.9 Å². The highest BCUT2D eigenvalue weighted by Crippen LogP contribution is 2.50. The first kappa shape index (κ1) is 20.4. The number of benzene rings is 3. The second-order valence-electron chi connectivity index (χ2n) is 8.55. The van der Waals surface area contributed by atoms with Crippen LogP contribution in [0.5, 0.6) is 5.75 Å². The fraction of sp³-hybridized carbons (Fsp3) is 0.250. The van der Waals surface area contributed by atoms with Gasteiger partial charge in [0.1, 0.15) is 5.75 Å². The molecule has 4 nitrogen and oxygen atoms in total. The van der Waals surface area contributed by atoms with E-state index in [2.05, 4.69) is 59.2 Å². The van der Waals surface area contributed by atoms with Crippen molar-refractivity contribution in [1.29, 1.82) is 0 Å². The Hall–Kier alpha value is -3.53. The SMILES string of the molecule is CCOc1ccc(C2Nc3ccc(NC(=O)c4ccccc4C)cc3C3C=CCC32)cc1. The van der Waals surface area contributed by atoms with Gasteiger partial charge in [-0.3, -0.25) is 4.79 Å². The number of anilines is 2. The summed E-state index contributed by atoms with van der Waals surface area (Å²) in [5.74, 6) is 1.61. The lowest BCUT2D eigenvalue weighted by atomic mass is 9.77. The summed E-state index contributed by atoms with van der Waals surface area (Å²) in [5.41, 5.74) is 6.16. The summed E-state index contributed by atoms with van der Waals surface area (Å²) in [6.45, 7) is 4.63. The molecule has 162 valence electrons. The Bertz CT molecular complexity index is 1170. The van der Waals surface area contributed by atoms with E-state index in [4.69, 9.17) is 4.74 Å². The standard InChI is InChI=1S/C28H28N2O2/c1-3-32-21-14-11-19(12-15-21)27-24-10-6-9-23(24)25-17-20(13-16-26(25)30-27)29-28(31)22-8-5-4-7-18(22)2/h4-9,11-17,23-24,27,30H,3,10H2,1-2H3,(H,29,31). The fourth-order valence-electron chi connectivity index (χ4n) is 4.97. The number of nitrogens with one attached hydrogen (secondary N) is 2. The highest BCUT2D eigenvalue weighted by molar-refractivity contribution is 6.05. The lowest BCUT2D eigenvalue weighted by molar-refractivity contribution is 0.102. The molecule has 3 unspecified atom stereocenters. The number of hydrogen-bond acceptors (Lipinski definition) is 3. The molecule has 5 rings (SSSR count). The van der Waals surface area contributed by atoms with Crippen LogP contribution < -0.4 is 15.4 Å². The predicted molar refractivity (Wildman–Crippen MR) is 130 cm³/mol. The van der Waals surface area contributed by atoms with Crippen molar-refractivity contribution in [2.75, 3.05) is 17.2 Å². The van der Waals surface area contributed by atoms with Crippen molar-refractivity contribution in [3.05, 3.63) is 101 Å². The number of carbonyl (C=O) groups is 1. The highest BCUT2D eigenvalue weighted by atomic mass is 16.5. The molecule has 0 fully saturated rings. The Morgan fingerprint density at radius 2 is 1.91 bits per heavy atom. The number of allylic oxidation sites excluding steroid dienone is 2. The van der Waals surface area contributed by atoms with Gasteiger partial charge in [-0.25, -0.2) is 0 Å². The largest absolute Gasteiger partial charge is 0.494 e. The van der Waals surface area contributed by atoms with E-state index < -0.39 is 0 Å². The minimum absolute atomic E-state index is 0.0717. The molecule has 0 saturated carbocycles. The number of fused-ring (bicyclic) bond motifs is 3. The van der Waals surface area contributed by atoms with Gasteiger partial charge in [-0.1, -0.05) is 42.5 Å². The van der Waals surface area contributed by atoms with Gasteiger partial charge in [0.2, 0.25) is 0 Å². The first-order valence-electron chi connectivity index (χ1n) is 11.3. The molecule has 3 aromatic rings. The second-order valence-corrected chi connectivity index (χ2v) is 8.55. The second kappa shape index (κ2) is 8.54. The van der Waals surface area contributed by atoms with Gasteiger partial charge < -0.3 is 15.4 Å². The zero-order chi connectivity index (χ0) is 22.1. The van der Waals surface area contributed by atoms with E-state index in [1.807, 2.05) is 44.2 Å². The molecule has 1 heterocycles. The van der Waals surface area contributed by atoms with Crippen molar-refractivity contribution in [1.82, 2.24) is 0 Å². The topological polar surface area (TPSA) is 50.4 Å². The molecule has 0 saturated heterocycles. The molecule has 2 N–H and O–H groups in total. The van der Waals surface area contributed by atoms with Crippen LogP contribution in [0, 0.1) is 12.8 Å². The lowest BCUT2D eigenvalue weighted by Crippen LogP contribution is -2.29. The zero-order valence-corrected chi connectivity index (χ0v) is 18.5. The lowest BCUT2D eigenvalue weighted by Gasteiger charge is -2.37. The van der Waals surface area contributed by atoms with Crippen LogP contribution in [0.1, 0.15) is 52.4 Å². The number of rotatable bonds is 5. The molecule has 0 bridgehead atoms. The van der Waals surface area contributed by atoms with Gasteiger partial charge >= 0.3 is 0 Å². The van der Waals surface area contributed by atoms with E-state index in [1.54, 1.807) is 0 Å². The van der Waals surface area contributed by atoms with Gasteiger partial charge in [0, 0.05) is 22.9 Å². The van der Waals surface area contributed by atoms with E-state index in [0.717, 1.165) is 29.1 Å². The van der Waals surface area contributed by atoms with Crippen LogP contribution in [0.25, 0.3) is 0 Å². The normalized spacial score (nSPS) is 20.8. The summed E-state index contributed by atoms with van der Waals surface area (Å²) in [6, 6.07) is 22.5. The van der Waals surface area contributed by atoms with Crippen LogP contribution in [-0.4, -0.2) is 12.5 Å². The van der Waals surface area contributed by atoms with Gasteiger partial charge in [0.25, 0.3) is 5.91 Å². The van der Waals surface area contributed by atoms with Crippen molar-refractivity contribution >= 4 is 17.3 Å². The summed E-state index contributed by atoms with van der Waals surface area (Å²) in [5, 5.41) is 6.85. The summed E-state index contributed by atoms with van der Waals surface area (Å²) in [6.07, 6.45) is 5.64. The van der Waals surface area contributed by atoms with Gasteiger partial charge in [0.15, 0.2) is 0 Å². The van der Waals surface area contributed by atoms with E-state index in [0.29, 0.717) is 24.0 Å². The third kappa shape index (κ3) is 3.77. The van der Waals surface area contributed by atoms with Crippen LogP contribution in [-0.2, 0) is 0 Å². The summed E-state index contributed by atoms with van der Waals surface area (Å²) in [4.78, 5) is 12.8. The molecular weight excluding hydrogens is 396 g/mol. The first-order chi connectivity index (χ1) is 15.6. The number of aryl methyl sites for hydroxylation is 1. The van der Waals surface area contributed by atoms with Crippen LogP contribution >= 0.6 is 0 Å². The Morgan fingerprint density at radius 3 is 2.69 bits per heavy atom. The molecular formula is C28H28N2O2. The molecule has 0 aromatic heterocycles. The quantitative estimate of drug-likeness (QED) is 0.461. The van der Waals surface area contributed by atoms with Crippen molar-refractivity contribution in [3.8, 4) is 5.75 Å². The van der Waals surface area contributed by atoms with Crippen molar-refractivity contribution in [3.63, 3.8) is 0 Å². The van der Waals surface area contributed by atoms with E-state index >= 15 is 0 Å². The third-order valence-corrected chi connectivity index (χ3v) is 6.56. The molecule has 32 heavy (non-hydrogen) atoms. The Labute approximate surface area is 189 Å². The summed E-state index contributed by atoms with van der Waals surface area (Å²) >= 11 is 0. The van der Waals surface area contributed by atoms with Crippen molar-refractivity contribution in [2.24, 2.45) is 5.92 Å². The van der Waals surface area contributed by atoms with E-state index in [1.165, 1.54) is 11.1 Å². The molecule has 4 heteroatoms. The molecule has 0 radical (unpaired) electrons. The molecule has 1 amide bonds. The smallest absolute Gasteiger partial charge is 0.255 e. The minimum Gasteiger partial charge on any atom is -0.494 e. The monoisotopic (exact) mass is 424 g/mol. The number of carbonyl (C=O) groups excluding carboxylic acids is 1. The maximum Gasteiger partial charge on any atom is 0.255 e. The van der Waals surface area contributed by atoms with Crippen LogP contribution in [0.15, 0.2) is 78.9 Å². The van der Waals surface area contributed by atoms with Crippen LogP contribution in [0.3, 0.4) is 0 Å². The third-order valence-electron chi connectivity index (χ3n) is 6.56. The maximum atomic E-state index is 12.8. The number of hydrogen-bond donors (Lipinski definition) is 2. The Balaban J connectivity index is 1.40. The molecule has 1 aliphatic heterocycles. The minimum atomic E-state index is -0.0717. The number of ether oxygens (including phenoxy) is 1. The Morgan fingerprint density at radius 1 is 1.09 bits per heavy atom. The van der Waals surface area contributed by atoms with Gasteiger partial charge in [-0.05, 0) is 79.3 Å². The summed E-state index contributed by atoms with van der Waals surface area (Å²) < 4.78 is 5.61. The average Bonchev–Trinajstić information content (AvgIpc) is 3.30. The maximum absolute atomic E-state index is 12.8. The van der Waals surface area contributed by atoms with Crippen LogP contribution in [0.4, 0.5) is 11.4 Å². The summed E-state index contributed by atoms with van der Waals surface area (Å²) in [7, 11) is 0. The average molecular weight is 425 g/mol. The molecule has 2 aliphatic rings. The van der Waals surface area contributed by atoms with E-state index in [9.17, 15) is 4.79 Å². The fourth-order valence-corrected chi connectivity index (χ4v) is 4.97. The molecule has 3 atom stereocenters. The highest BCUT2D eigenvalue weighted by Gasteiger charge is 2.38. The molecule has 1 aliphatic carbocycles. The predicted octanol–water partition coefficient (Wildman–Crippen LogP) is 6.47. The molecule has 3 aromatic carbocycles. The first-order valence-corrected chi connectivity index (χ1v) is 11.3. The van der Waals surface area contributed by atoms with Gasteiger partial charge in [-0.15, -0.1) is 0 Å². The van der Waals surface area contributed by atoms with Crippen molar-refractivity contribution < 1.29 is 9.53 Å². The Kier molecular flexibility index (Phi) is 5.44. The van der Waals surface area contributed by atoms with Gasteiger partial charge in [0.05, 0.1) is 12.6 Å². The van der Waals surface area contributed by atoms with Crippen molar-refractivity contribution in [2.45, 2.75) is 32.2 Å².